The molecule has 3 aromatic rings. The number of nitriles is 1. The first-order valence-electron chi connectivity index (χ1n) is 16.9. The lowest BCUT2D eigenvalue weighted by Crippen LogP contribution is -2.56. The zero-order valence-electron chi connectivity index (χ0n) is 27.8. The van der Waals surface area contributed by atoms with Crippen molar-refractivity contribution in [2.24, 2.45) is 0 Å². The van der Waals surface area contributed by atoms with E-state index in [1.807, 2.05) is 57.2 Å². The van der Waals surface area contributed by atoms with Gasteiger partial charge in [0.2, 0.25) is 0 Å². The molecule has 0 spiro atoms. The Kier molecular flexibility index (Phi) is 8.85. The Balaban J connectivity index is 1.21. The van der Waals surface area contributed by atoms with Crippen LogP contribution in [0, 0.1) is 11.3 Å². The number of aromatic nitrogens is 2. The Labute approximate surface area is 285 Å². The molecule has 0 radical (unpaired) electrons. The van der Waals surface area contributed by atoms with Crippen molar-refractivity contribution in [2.75, 3.05) is 44.2 Å². The molecule has 4 atom stereocenters. The molecule has 0 bridgehead atoms. The third kappa shape index (κ3) is 6.38. The first kappa shape index (κ1) is 32.8. The van der Waals surface area contributed by atoms with Gasteiger partial charge in [0.15, 0.2) is 0 Å². The number of rotatable bonds is 6. The summed E-state index contributed by atoms with van der Waals surface area (Å²) in [6.07, 6.45) is 1.39. The van der Waals surface area contributed by atoms with E-state index in [0.717, 1.165) is 47.0 Å². The number of anilines is 1. The van der Waals surface area contributed by atoms with Crippen LogP contribution < -0.4 is 9.64 Å². The molecule has 0 saturated carbocycles. The monoisotopic (exact) mass is 676 g/mol. The summed E-state index contributed by atoms with van der Waals surface area (Å²) < 4.78 is 33.2. The number of ether oxygens (including phenoxy) is 3. The highest BCUT2D eigenvalue weighted by Crippen LogP contribution is 2.42. The minimum absolute atomic E-state index is 0.148. The summed E-state index contributed by atoms with van der Waals surface area (Å²) in [5.74, 6) is 0.673. The van der Waals surface area contributed by atoms with Crippen molar-refractivity contribution in [2.45, 2.75) is 88.9 Å². The minimum atomic E-state index is -0.863. The second kappa shape index (κ2) is 13.0. The van der Waals surface area contributed by atoms with E-state index in [2.05, 4.69) is 15.9 Å². The summed E-state index contributed by atoms with van der Waals surface area (Å²) in [7, 11) is 0. The average Bonchev–Trinajstić information content (AvgIpc) is 3.58. The van der Waals surface area contributed by atoms with Crippen LogP contribution in [0.15, 0.2) is 36.4 Å². The van der Waals surface area contributed by atoms with Crippen LogP contribution in [0.3, 0.4) is 0 Å². The number of hydrogen-bond acceptors (Lipinski definition) is 9. The summed E-state index contributed by atoms with van der Waals surface area (Å²) in [6.45, 7) is 8.62. The highest BCUT2D eigenvalue weighted by molar-refractivity contribution is 6.35. The largest absolute Gasteiger partial charge is 0.461 e. The average molecular weight is 677 g/mol. The zero-order chi connectivity index (χ0) is 33.6. The van der Waals surface area contributed by atoms with Gasteiger partial charge in [-0.15, -0.1) is 0 Å². The molecule has 5 heterocycles. The van der Waals surface area contributed by atoms with E-state index in [1.165, 1.54) is 0 Å². The summed E-state index contributed by atoms with van der Waals surface area (Å²) in [6, 6.07) is 14.1. The van der Waals surface area contributed by atoms with Gasteiger partial charge in [0.25, 0.3) is 0 Å². The van der Waals surface area contributed by atoms with Gasteiger partial charge in [0, 0.05) is 55.0 Å². The SMILES string of the molecule is CC(C)(C)OC(=O)N1CCN(c2nc(OC[C@@]34CCCN3C[C@H](F)C4)nc3c2COC(c2cccc4cccc(Cl)c24)C3)C[C@@H]1CC#N. The third-order valence-electron chi connectivity index (χ3n) is 10.1. The van der Waals surface area contributed by atoms with Crippen LogP contribution in [0.1, 0.15) is 69.4 Å². The van der Waals surface area contributed by atoms with Gasteiger partial charge in [0.05, 0.1) is 42.5 Å². The van der Waals surface area contributed by atoms with Crippen LogP contribution in [-0.2, 0) is 22.5 Å². The van der Waals surface area contributed by atoms with Gasteiger partial charge in [-0.3, -0.25) is 4.90 Å². The number of nitrogens with zero attached hydrogens (tertiary/aromatic N) is 6. The lowest BCUT2D eigenvalue weighted by molar-refractivity contribution is 0.0140. The fraction of sp³-hybridized carbons (Fsp3) is 0.556. The minimum Gasteiger partial charge on any atom is -0.461 e. The predicted molar refractivity (Wildman–Crippen MR) is 180 cm³/mol. The van der Waals surface area contributed by atoms with E-state index >= 15 is 0 Å². The molecular weight excluding hydrogens is 635 g/mol. The highest BCUT2D eigenvalue weighted by atomic mass is 35.5. The maximum atomic E-state index is 14.6. The van der Waals surface area contributed by atoms with Crippen LogP contribution in [0.4, 0.5) is 15.0 Å². The number of fused-ring (bicyclic) bond motifs is 3. The molecule has 0 aliphatic carbocycles. The fourth-order valence-corrected chi connectivity index (χ4v) is 8.17. The van der Waals surface area contributed by atoms with E-state index in [1.54, 1.807) is 4.90 Å². The molecule has 3 fully saturated rings. The maximum absolute atomic E-state index is 14.6. The van der Waals surface area contributed by atoms with E-state index in [-0.39, 0.29) is 30.7 Å². The fourth-order valence-electron chi connectivity index (χ4n) is 7.88. The molecule has 12 heteroatoms. The van der Waals surface area contributed by atoms with E-state index in [0.29, 0.717) is 56.5 Å². The summed E-state index contributed by atoms with van der Waals surface area (Å²) in [4.78, 5) is 29.0. The van der Waals surface area contributed by atoms with Gasteiger partial charge in [-0.05, 0) is 57.2 Å². The van der Waals surface area contributed by atoms with Gasteiger partial charge in [-0.1, -0.05) is 41.9 Å². The number of carbonyl (C=O) groups excluding carboxylic acids is 1. The number of alkyl halides is 1. The first-order chi connectivity index (χ1) is 23.0. The number of carbonyl (C=O) groups is 1. The molecular formula is C36H42ClFN6O4. The van der Waals surface area contributed by atoms with Gasteiger partial charge in [-0.2, -0.15) is 15.2 Å². The quantitative estimate of drug-likeness (QED) is 0.294. The number of piperazine rings is 1. The van der Waals surface area contributed by atoms with Crippen molar-refractivity contribution in [3.05, 3.63) is 58.2 Å². The molecule has 1 unspecified atom stereocenters. The molecule has 2 aromatic carbocycles. The Hall–Kier alpha value is -3.72. The van der Waals surface area contributed by atoms with Crippen LogP contribution >= 0.6 is 11.6 Å². The Morgan fingerprint density at radius 3 is 2.77 bits per heavy atom. The Morgan fingerprint density at radius 1 is 1.17 bits per heavy atom. The zero-order valence-corrected chi connectivity index (χ0v) is 28.5. The molecule has 1 aromatic heterocycles. The normalized spacial score (nSPS) is 25.9. The number of benzene rings is 2. The highest BCUT2D eigenvalue weighted by Gasteiger charge is 2.49. The van der Waals surface area contributed by atoms with Crippen molar-refractivity contribution in [1.29, 1.82) is 5.26 Å². The van der Waals surface area contributed by atoms with Crippen molar-refractivity contribution in [1.82, 2.24) is 19.8 Å². The lowest BCUT2D eigenvalue weighted by Gasteiger charge is -2.42. The number of amides is 1. The summed E-state index contributed by atoms with van der Waals surface area (Å²) in [5.41, 5.74) is 1.67. The smallest absolute Gasteiger partial charge is 0.410 e. The van der Waals surface area contributed by atoms with Crippen LogP contribution in [0.2, 0.25) is 5.02 Å². The third-order valence-corrected chi connectivity index (χ3v) is 10.4. The van der Waals surface area contributed by atoms with E-state index in [9.17, 15) is 14.4 Å². The maximum Gasteiger partial charge on any atom is 0.410 e. The van der Waals surface area contributed by atoms with Crippen molar-refractivity contribution in [3.63, 3.8) is 0 Å². The second-order valence-corrected chi connectivity index (χ2v) is 14.9. The Bertz CT molecular complexity index is 1740. The molecule has 254 valence electrons. The summed E-state index contributed by atoms with van der Waals surface area (Å²) >= 11 is 6.70. The topological polar surface area (TPSA) is 104 Å². The molecule has 10 nitrogen and oxygen atoms in total. The second-order valence-electron chi connectivity index (χ2n) is 14.4. The van der Waals surface area contributed by atoms with Crippen molar-refractivity contribution >= 4 is 34.3 Å². The molecule has 3 saturated heterocycles. The van der Waals surface area contributed by atoms with Crippen LogP contribution in [0.5, 0.6) is 6.01 Å². The van der Waals surface area contributed by atoms with E-state index < -0.39 is 23.9 Å². The molecule has 4 aliphatic heterocycles. The molecule has 4 aliphatic rings. The van der Waals surface area contributed by atoms with Gasteiger partial charge in [-0.25, -0.2) is 9.18 Å². The molecule has 7 rings (SSSR count). The van der Waals surface area contributed by atoms with Crippen LogP contribution in [-0.4, -0.2) is 88.5 Å². The van der Waals surface area contributed by atoms with Gasteiger partial charge >= 0.3 is 12.1 Å². The van der Waals surface area contributed by atoms with Crippen molar-refractivity contribution in [3.8, 4) is 12.1 Å². The molecule has 1 amide bonds. The predicted octanol–water partition coefficient (Wildman–Crippen LogP) is 6.39. The first-order valence-corrected chi connectivity index (χ1v) is 17.2. The summed E-state index contributed by atoms with van der Waals surface area (Å²) in [5, 5.41) is 12.4. The van der Waals surface area contributed by atoms with Crippen LogP contribution in [0.25, 0.3) is 10.8 Å². The molecule has 48 heavy (non-hydrogen) atoms. The lowest BCUT2D eigenvalue weighted by atomic mass is 9.94. The van der Waals surface area contributed by atoms with Gasteiger partial charge in [0.1, 0.15) is 24.2 Å². The standard InChI is InChI=1S/C36H42ClFN6O4/c1-35(2,3)48-34(45)44-16-15-42(20-25(44)11-13-39)32-27-21-46-30(26-9-4-7-23-8-5-10-28(37)31(23)26)17-29(27)40-33(41-32)47-22-36-12-6-14-43(36)19-24(38)18-36/h4-5,7-10,24-25,30H,6,11-12,14-22H2,1-3H3/t24-,25+,30?,36+/m1/s1. The Morgan fingerprint density at radius 2 is 1.98 bits per heavy atom. The number of hydrogen-bond donors (Lipinski definition) is 0. The number of halogens is 2. The van der Waals surface area contributed by atoms with Crippen molar-refractivity contribution < 1.29 is 23.4 Å². The molecule has 0 N–H and O–H groups in total. The van der Waals surface area contributed by atoms with Gasteiger partial charge < -0.3 is 24.0 Å². The van der Waals surface area contributed by atoms with E-state index in [4.69, 9.17) is 35.8 Å².